The molecule has 0 radical (unpaired) electrons. The molecule has 0 fully saturated rings. The zero-order chi connectivity index (χ0) is 21.4. The van der Waals surface area contributed by atoms with E-state index in [2.05, 4.69) is 20.9 Å². The van der Waals surface area contributed by atoms with E-state index < -0.39 is 0 Å². The molecule has 5 heteroatoms. The van der Waals surface area contributed by atoms with Crippen molar-refractivity contribution in [3.05, 3.63) is 118 Å². The fourth-order valence-corrected chi connectivity index (χ4v) is 4.07. The summed E-state index contributed by atoms with van der Waals surface area (Å²) in [6.07, 6.45) is 1.81. The first-order valence-electron chi connectivity index (χ1n) is 9.74. The largest absolute Gasteiger partial charge is 0.282 e. The van der Waals surface area contributed by atoms with Gasteiger partial charge >= 0.3 is 0 Å². The summed E-state index contributed by atoms with van der Waals surface area (Å²) >= 11 is 3.47. The van der Waals surface area contributed by atoms with Crippen molar-refractivity contribution in [3.63, 3.8) is 0 Å². The molecular formula is C26H16BrFN2O. The summed E-state index contributed by atoms with van der Waals surface area (Å²) in [6, 6.07) is 27.5. The van der Waals surface area contributed by atoms with Crippen LogP contribution in [0, 0.1) is 5.82 Å². The van der Waals surface area contributed by atoms with Gasteiger partial charge in [0.05, 0.1) is 5.69 Å². The van der Waals surface area contributed by atoms with E-state index in [1.807, 2.05) is 72.8 Å². The Morgan fingerprint density at radius 3 is 2.42 bits per heavy atom. The molecule has 4 aromatic carbocycles. The van der Waals surface area contributed by atoms with Gasteiger partial charge in [-0.15, -0.1) is 0 Å². The number of carbonyl (C=O) groups is 1. The Hall–Kier alpha value is -3.57. The van der Waals surface area contributed by atoms with Crippen molar-refractivity contribution < 1.29 is 9.18 Å². The van der Waals surface area contributed by atoms with Crippen molar-refractivity contribution in [2.24, 2.45) is 4.99 Å². The highest BCUT2D eigenvalue weighted by Crippen LogP contribution is 2.30. The van der Waals surface area contributed by atoms with Crippen molar-refractivity contribution in [1.82, 2.24) is 0 Å². The first-order valence-corrected chi connectivity index (χ1v) is 10.5. The molecule has 4 aromatic rings. The second-order valence-electron chi connectivity index (χ2n) is 7.16. The third-order valence-corrected chi connectivity index (χ3v) is 5.64. The number of aliphatic imine (C=N–C) groups is 1. The van der Waals surface area contributed by atoms with Crippen LogP contribution < -0.4 is 4.90 Å². The number of halogens is 2. The molecule has 0 atom stereocenters. The van der Waals surface area contributed by atoms with E-state index in [0.29, 0.717) is 22.8 Å². The molecule has 0 spiro atoms. The highest BCUT2D eigenvalue weighted by atomic mass is 79.9. The molecule has 1 amide bonds. The van der Waals surface area contributed by atoms with Gasteiger partial charge in [0.1, 0.15) is 17.3 Å². The summed E-state index contributed by atoms with van der Waals surface area (Å²) in [6.45, 7) is 0. The van der Waals surface area contributed by atoms with Gasteiger partial charge in [-0.2, -0.15) is 0 Å². The van der Waals surface area contributed by atoms with Crippen LogP contribution in [0.1, 0.15) is 11.1 Å². The molecule has 0 aliphatic carbocycles. The number of carbonyl (C=O) groups excluding carboxylic acids is 1. The molecule has 1 heterocycles. The van der Waals surface area contributed by atoms with Crippen molar-refractivity contribution in [2.75, 3.05) is 4.90 Å². The highest BCUT2D eigenvalue weighted by Gasteiger charge is 2.32. The summed E-state index contributed by atoms with van der Waals surface area (Å²) in [5, 5.41) is 2.14. The minimum Gasteiger partial charge on any atom is -0.266 e. The quantitative estimate of drug-likeness (QED) is 0.311. The van der Waals surface area contributed by atoms with Crippen LogP contribution in [-0.2, 0) is 4.79 Å². The molecule has 0 N–H and O–H groups in total. The van der Waals surface area contributed by atoms with Crippen LogP contribution in [0.3, 0.4) is 0 Å². The third-order valence-electron chi connectivity index (χ3n) is 5.14. The Kier molecular flexibility index (Phi) is 4.96. The smallest absolute Gasteiger partial charge is 0.266 e. The molecule has 3 nitrogen and oxygen atoms in total. The van der Waals surface area contributed by atoms with Crippen molar-refractivity contribution in [1.29, 1.82) is 0 Å². The Morgan fingerprint density at radius 1 is 0.871 bits per heavy atom. The van der Waals surface area contributed by atoms with Gasteiger partial charge in [0.25, 0.3) is 5.91 Å². The summed E-state index contributed by atoms with van der Waals surface area (Å²) in [4.78, 5) is 19.7. The molecule has 1 aliphatic heterocycles. The molecule has 5 rings (SSSR count). The number of amides is 1. The van der Waals surface area contributed by atoms with Crippen LogP contribution in [0.2, 0.25) is 0 Å². The number of hydrogen-bond donors (Lipinski definition) is 0. The van der Waals surface area contributed by atoms with Gasteiger partial charge in [-0.05, 0) is 64.9 Å². The molecule has 0 aromatic heterocycles. The van der Waals surface area contributed by atoms with Gasteiger partial charge in [-0.1, -0.05) is 64.5 Å². The van der Waals surface area contributed by atoms with Crippen molar-refractivity contribution in [3.8, 4) is 0 Å². The maximum Gasteiger partial charge on any atom is 0.282 e. The predicted octanol–water partition coefficient (Wildman–Crippen LogP) is 6.58. The van der Waals surface area contributed by atoms with Crippen molar-refractivity contribution in [2.45, 2.75) is 0 Å². The summed E-state index contributed by atoms with van der Waals surface area (Å²) in [5.41, 5.74) is 2.59. The first kappa shape index (κ1) is 19.4. The number of amidine groups is 1. The van der Waals surface area contributed by atoms with E-state index in [1.54, 1.807) is 17.0 Å². The Balaban J connectivity index is 1.67. The molecule has 0 saturated carbocycles. The van der Waals surface area contributed by atoms with Crippen LogP contribution in [0.25, 0.3) is 16.8 Å². The fraction of sp³-hybridized carbons (Fsp3) is 0. The van der Waals surface area contributed by atoms with E-state index >= 15 is 0 Å². The second kappa shape index (κ2) is 7.93. The summed E-state index contributed by atoms with van der Waals surface area (Å²) < 4.78 is 14.3. The first-order chi connectivity index (χ1) is 15.1. The Labute approximate surface area is 187 Å². The van der Waals surface area contributed by atoms with Crippen LogP contribution in [0.5, 0.6) is 0 Å². The predicted molar refractivity (Wildman–Crippen MR) is 126 cm³/mol. The lowest BCUT2D eigenvalue weighted by Gasteiger charge is -2.18. The SMILES string of the molecule is O=C1/C(=C\c2cccc3ccccc23)N=C(c2ccc(F)cc2)N1c1cccc(Br)c1. The number of rotatable bonds is 3. The molecular weight excluding hydrogens is 455 g/mol. The number of benzene rings is 4. The lowest BCUT2D eigenvalue weighted by atomic mass is 10.0. The number of hydrogen-bond acceptors (Lipinski definition) is 2. The van der Waals surface area contributed by atoms with Crippen LogP contribution >= 0.6 is 15.9 Å². The van der Waals surface area contributed by atoms with Gasteiger partial charge in [-0.3, -0.25) is 9.69 Å². The van der Waals surface area contributed by atoms with Gasteiger partial charge in [0, 0.05) is 10.0 Å². The van der Waals surface area contributed by atoms with Gasteiger partial charge < -0.3 is 0 Å². The monoisotopic (exact) mass is 470 g/mol. The minimum atomic E-state index is -0.339. The summed E-state index contributed by atoms with van der Waals surface area (Å²) in [7, 11) is 0. The van der Waals surface area contributed by atoms with Gasteiger partial charge in [-0.25, -0.2) is 9.38 Å². The fourth-order valence-electron chi connectivity index (χ4n) is 3.69. The Bertz CT molecular complexity index is 1370. The maximum absolute atomic E-state index is 13.5. The third kappa shape index (κ3) is 3.68. The molecule has 31 heavy (non-hydrogen) atoms. The molecule has 0 bridgehead atoms. The maximum atomic E-state index is 13.5. The van der Waals surface area contributed by atoms with E-state index in [0.717, 1.165) is 20.8 Å². The number of anilines is 1. The average molecular weight is 471 g/mol. The number of nitrogens with zero attached hydrogens (tertiary/aromatic N) is 2. The van der Waals surface area contributed by atoms with Crippen LogP contribution in [-0.4, -0.2) is 11.7 Å². The second-order valence-corrected chi connectivity index (χ2v) is 8.08. The van der Waals surface area contributed by atoms with Crippen molar-refractivity contribution >= 4 is 50.2 Å². The standard InChI is InChI=1S/C26H16BrFN2O/c27-20-8-4-9-22(16-20)30-25(18-11-13-21(28)14-12-18)29-24(26(30)31)15-19-7-3-6-17-5-1-2-10-23(17)19/h1-16H/b24-15+. The minimum absolute atomic E-state index is 0.231. The van der Waals surface area contributed by atoms with E-state index in [1.165, 1.54) is 12.1 Å². The Morgan fingerprint density at radius 2 is 1.61 bits per heavy atom. The van der Waals surface area contributed by atoms with Gasteiger partial charge in [0.15, 0.2) is 0 Å². The highest BCUT2D eigenvalue weighted by molar-refractivity contribution is 9.10. The van der Waals surface area contributed by atoms with E-state index in [9.17, 15) is 9.18 Å². The lowest BCUT2D eigenvalue weighted by molar-refractivity contribution is -0.113. The van der Waals surface area contributed by atoms with Crippen LogP contribution in [0.4, 0.5) is 10.1 Å². The molecule has 0 unspecified atom stereocenters. The molecule has 150 valence electrons. The zero-order valence-electron chi connectivity index (χ0n) is 16.3. The number of fused-ring (bicyclic) bond motifs is 1. The average Bonchev–Trinajstić information content (AvgIpc) is 3.10. The van der Waals surface area contributed by atoms with E-state index in [4.69, 9.17) is 0 Å². The normalized spacial score (nSPS) is 15.0. The van der Waals surface area contributed by atoms with E-state index in [-0.39, 0.29) is 11.7 Å². The molecule has 1 aliphatic rings. The lowest BCUT2D eigenvalue weighted by Crippen LogP contribution is -2.32. The van der Waals surface area contributed by atoms with Crippen LogP contribution in [0.15, 0.2) is 106 Å². The topological polar surface area (TPSA) is 32.7 Å². The summed E-state index contributed by atoms with van der Waals surface area (Å²) in [5.74, 6) is -0.103. The zero-order valence-corrected chi connectivity index (χ0v) is 17.9. The molecule has 0 saturated heterocycles. The van der Waals surface area contributed by atoms with Gasteiger partial charge in [0.2, 0.25) is 0 Å².